The first-order valence-electron chi connectivity index (χ1n) is 2.39. The fourth-order valence-electron chi connectivity index (χ4n) is 0.319. The normalized spacial score (nSPS) is 11.3. The van der Waals surface area contributed by atoms with Crippen LogP contribution in [0, 0.1) is 0 Å². The molecule has 0 rings (SSSR count). The molecule has 0 aliphatic rings. The van der Waals surface area contributed by atoms with Crippen LogP contribution in [-0.2, 0) is 0 Å². The molecule has 0 unspecified atom stereocenters. The highest BCUT2D eigenvalue weighted by molar-refractivity contribution is 5.10. The van der Waals surface area contributed by atoms with E-state index in [1.165, 1.54) is 0 Å². The summed E-state index contributed by atoms with van der Waals surface area (Å²) in [5.74, 6) is 0. The molecule has 0 aromatic carbocycles. The Kier molecular flexibility index (Phi) is 3.11. The molecular formula is C6H11N. The lowest BCUT2D eigenvalue weighted by Crippen LogP contribution is -1.89. The summed E-state index contributed by atoms with van der Waals surface area (Å²) in [7, 11) is 0. The summed E-state index contributed by atoms with van der Waals surface area (Å²) in [5, 5.41) is 0. The van der Waals surface area contributed by atoms with E-state index in [1.807, 2.05) is 13.0 Å². The van der Waals surface area contributed by atoms with Crippen LogP contribution in [0.4, 0.5) is 0 Å². The number of nitrogens with two attached hydrogens (primary N) is 1. The number of hydrogen-bond acceptors (Lipinski definition) is 1. The molecule has 1 heteroatoms. The van der Waals surface area contributed by atoms with E-state index >= 15 is 0 Å². The Balaban J connectivity index is 3.49. The first-order chi connectivity index (χ1) is 3.31. The number of hydrogen-bond donors (Lipinski definition) is 1. The summed E-state index contributed by atoms with van der Waals surface area (Å²) in [4.78, 5) is 0. The van der Waals surface area contributed by atoms with Gasteiger partial charge in [0.1, 0.15) is 0 Å². The molecule has 0 fully saturated rings. The Morgan fingerprint density at radius 1 is 1.86 bits per heavy atom. The molecule has 7 heavy (non-hydrogen) atoms. The maximum atomic E-state index is 5.33. The average Bonchev–Trinajstić information content (AvgIpc) is 1.68. The van der Waals surface area contributed by atoms with E-state index in [2.05, 4.69) is 6.58 Å². The summed E-state index contributed by atoms with van der Waals surface area (Å²) < 4.78 is 0. The van der Waals surface area contributed by atoms with Gasteiger partial charge in [-0.15, -0.1) is 0 Å². The van der Waals surface area contributed by atoms with Crippen molar-refractivity contribution >= 4 is 0 Å². The lowest BCUT2D eigenvalue weighted by atomic mass is 10.3. The van der Waals surface area contributed by atoms with Crippen LogP contribution in [0.15, 0.2) is 24.4 Å². The highest BCUT2D eigenvalue weighted by Gasteiger charge is 1.72. The first-order valence-corrected chi connectivity index (χ1v) is 2.39. The molecule has 0 aliphatic heterocycles. The van der Waals surface area contributed by atoms with E-state index in [9.17, 15) is 0 Å². The van der Waals surface area contributed by atoms with Gasteiger partial charge in [-0.2, -0.15) is 0 Å². The largest absolute Gasteiger partial charge is 0.399 e. The molecule has 0 bridgehead atoms. The van der Waals surface area contributed by atoms with Gasteiger partial charge in [0.25, 0.3) is 0 Å². The van der Waals surface area contributed by atoms with E-state index < -0.39 is 0 Å². The minimum atomic E-state index is 0.766. The van der Waals surface area contributed by atoms with Gasteiger partial charge in [0.2, 0.25) is 0 Å². The Morgan fingerprint density at radius 2 is 2.43 bits per heavy atom. The van der Waals surface area contributed by atoms with Crippen molar-refractivity contribution in [2.45, 2.75) is 13.3 Å². The summed E-state index contributed by atoms with van der Waals surface area (Å²) in [6, 6.07) is 0. The van der Waals surface area contributed by atoms with Crippen molar-refractivity contribution in [3.63, 3.8) is 0 Å². The third kappa shape index (κ3) is 3.10. The van der Waals surface area contributed by atoms with Crippen molar-refractivity contribution in [2.75, 3.05) is 0 Å². The van der Waals surface area contributed by atoms with Crippen molar-refractivity contribution in [2.24, 2.45) is 5.73 Å². The maximum absolute atomic E-state index is 5.33. The van der Waals surface area contributed by atoms with Crippen LogP contribution < -0.4 is 5.73 Å². The third-order valence-electron chi connectivity index (χ3n) is 0.676. The molecule has 0 aromatic heterocycles. The standard InChI is InChI=1S/C6H11N/c1-3-5-6(7)4-2/h4-5H,2-3,7H2,1H3. The van der Waals surface area contributed by atoms with Gasteiger partial charge in [-0.1, -0.05) is 19.6 Å². The minimum absolute atomic E-state index is 0.766. The van der Waals surface area contributed by atoms with Crippen molar-refractivity contribution in [3.05, 3.63) is 24.4 Å². The van der Waals surface area contributed by atoms with Gasteiger partial charge >= 0.3 is 0 Å². The highest BCUT2D eigenvalue weighted by Crippen LogP contribution is 1.85. The fourth-order valence-corrected chi connectivity index (χ4v) is 0.319. The van der Waals surface area contributed by atoms with Gasteiger partial charge in [-0.25, -0.2) is 0 Å². The molecular weight excluding hydrogens is 86.1 g/mol. The SMILES string of the molecule is C=CC(N)=CCC. The predicted molar refractivity (Wildman–Crippen MR) is 32.8 cm³/mol. The van der Waals surface area contributed by atoms with Gasteiger partial charge in [0.05, 0.1) is 0 Å². The predicted octanol–water partition coefficient (Wildman–Crippen LogP) is 1.43. The maximum Gasteiger partial charge on any atom is 0.0267 e. The molecule has 0 heterocycles. The van der Waals surface area contributed by atoms with Gasteiger partial charge in [-0.3, -0.25) is 0 Å². The summed E-state index contributed by atoms with van der Waals surface area (Å²) in [6.45, 7) is 5.52. The van der Waals surface area contributed by atoms with E-state index in [4.69, 9.17) is 5.73 Å². The molecule has 0 spiro atoms. The topological polar surface area (TPSA) is 26.0 Å². The lowest BCUT2D eigenvalue weighted by molar-refractivity contribution is 1.19. The Bertz CT molecular complexity index is 82.2. The molecule has 0 amide bonds. The molecule has 1 nitrogen and oxygen atoms in total. The Hall–Kier alpha value is -0.720. The van der Waals surface area contributed by atoms with Crippen LogP contribution in [0.1, 0.15) is 13.3 Å². The van der Waals surface area contributed by atoms with Gasteiger partial charge in [0.15, 0.2) is 0 Å². The molecule has 2 N–H and O–H groups in total. The van der Waals surface area contributed by atoms with Crippen molar-refractivity contribution in [3.8, 4) is 0 Å². The van der Waals surface area contributed by atoms with E-state index in [0.29, 0.717) is 0 Å². The summed E-state index contributed by atoms with van der Waals surface area (Å²) in [5.41, 5.74) is 6.09. The van der Waals surface area contributed by atoms with Gasteiger partial charge in [-0.05, 0) is 12.5 Å². The van der Waals surface area contributed by atoms with Crippen molar-refractivity contribution < 1.29 is 0 Å². The molecule has 0 saturated carbocycles. The molecule has 0 aliphatic carbocycles. The zero-order valence-electron chi connectivity index (χ0n) is 4.65. The summed E-state index contributed by atoms with van der Waals surface area (Å²) in [6.07, 6.45) is 4.55. The van der Waals surface area contributed by atoms with E-state index in [1.54, 1.807) is 6.08 Å². The Labute approximate surface area is 44.5 Å². The first kappa shape index (κ1) is 6.28. The Morgan fingerprint density at radius 3 is 2.57 bits per heavy atom. The summed E-state index contributed by atoms with van der Waals surface area (Å²) >= 11 is 0. The van der Waals surface area contributed by atoms with Crippen LogP contribution in [0.2, 0.25) is 0 Å². The van der Waals surface area contributed by atoms with Gasteiger partial charge < -0.3 is 5.73 Å². The molecule has 0 radical (unpaired) electrons. The van der Waals surface area contributed by atoms with Crippen molar-refractivity contribution in [1.82, 2.24) is 0 Å². The van der Waals surface area contributed by atoms with Crippen LogP contribution in [0.25, 0.3) is 0 Å². The monoisotopic (exact) mass is 97.1 g/mol. The molecule has 0 saturated heterocycles. The third-order valence-corrected chi connectivity index (χ3v) is 0.676. The number of rotatable bonds is 2. The zero-order valence-corrected chi connectivity index (χ0v) is 4.65. The highest BCUT2D eigenvalue weighted by atomic mass is 14.5. The van der Waals surface area contributed by atoms with Crippen LogP contribution in [0.5, 0.6) is 0 Å². The molecule has 0 atom stereocenters. The zero-order chi connectivity index (χ0) is 5.70. The number of allylic oxidation sites excluding steroid dienone is 2. The molecule has 40 valence electrons. The van der Waals surface area contributed by atoms with Crippen LogP contribution >= 0.6 is 0 Å². The van der Waals surface area contributed by atoms with Gasteiger partial charge in [0, 0.05) is 5.70 Å². The second-order valence-corrected chi connectivity index (χ2v) is 1.32. The van der Waals surface area contributed by atoms with Crippen LogP contribution in [-0.4, -0.2) is 0 Å². The van der Waals surface area contributed by atoms with E-state index in [0.717, 1.165) is 12.1 Å². The van der Waals surface area contributed by atoms with Crippen molar-refractivity contribution in [1.29, 1.82) is 0 Å². The lowest BCUT2D eigenvalue weighted by Gasteiger charge is -1.84. The average molecular weight is 97.2 g/mol. The van der Waals surface area contributed by atoms with E-state index in [-0.39, 0.29) is 0 Å². The van der Waals surface area contributed by atoms with Crippen LogP contribution in [0.3, 0.4) is 0 Å². The second kappa shape index (κ2) is 3.47. The smallest absolute Gasteiger partial charge is 0.0267 e. The minimum Gasteiger partial charge on any atom is -0.399 e. The fraction of sp³-hybridized carbons (Fsp3) is 0.333. The second-order valence-electron chi connectivity index (χ2n) is 1.32. The molecule has 0 aromatic rings. The quantitative estimate of drug-likeness (QED) is 0.518.